The van der Waals surface area contributed by atoms with Crippen LogP contribution in [0.2, 0.25) is 0 Å². The Bertz CT molecular complexity index is 944. The van der Waals surface area contributed by atoms with E-state index in [1.165, 1.54) is 0 Å². The van der Waals surface area contributed by atoms with Gasteiger partial charge in [0.25, 0.3) is 5.91 Å². The molecule has 0 atom stereocenters. The van der Waals surface area contributed by atoms with Gasteiger partial charge in [0.2, 0.25) is 0 Å². The van der Waals surface area contributed by atoms with Crippen LogP contribution in [-0.2, 0) is 0 Å². The van der Waals surface area contributed by atoms with Crippen molar-refractivity contribution >= 4 is 11.6 Å². The first-order valence-corrected chi connectivity index (χ1v) is 8.63. The zero-order chi connectivity index (χ0) is 19.8. The summed E-state index contributed by atoms with van der Waals surface area (Å²) in [5.74, 6) is 6.25. The van der Waals surface area contributed by atoms with Crippen molar-refractivity contribution in [3.63, 3.8) is 0 Å². The Labute approximate surface area is 161 Å². The lowest BCUT2D eigenvalue weighted by atomic mass is 10.0. The molecule has 27 heavy (non-hydrogen) atoms. The van der Waals surface area contributed by atoms with Gasteiger partial charge < -0.3 is 9.80 Å². The Balaban J connectivity index is 2.08. The standard InChI is InChI=1S/C23H23N3O/c1-5-13-26(4)23(27)22-12-11-19(15-18(22)2)9-7-14-25(3)21-10-6-8-20(16-21)17-24/h5-6,8,10-12,15-16H,1,13-14H2,2-4H3. The third kappa shape index (κ3) is 5.23. The molecule has 2 aromatic carbocycles. The first kappa shape index (κ1) is 19.8. The number of nitrogens with zero attached hydrogens (tertiary/aromatic N) is 3. The molecule has 136 valence electrons. The second kappa shape index (κ2) is 9.27. The molecule has 0 spiro atoms. The average Bonchev–Trinajstić information content (AvgIpc) is 2.67. The van der Waals surface area contributed by atoms with Crippen molar-refractivity contribution < 1.29 is 4.79 Å². The van der Waals surface area contributed by atoms with E-state index in [2.05, 4.69) is 24.5 Å². The molecule has 0 heterocycles. The largest absolute Gasteiger partial charge is 0.363 e. The Morgan fingerprint density at radius 2 is 1.96 bits per heavy atom. The highest BCUT2D eigenvalue weighted by molar-refractivity contribution is 5.95. The molecule has 4 nitrogen and oxygen atoms in total. The highest BCUT2D eigenvalue weighted by Gasteiger charge is 2.12. The molecular formula is C23H23N3O. The monoisotopic (exact) mass is 357 g/mol. The molecular weight excluding hydrogens is 334 g/mol. The summed E-state index contributed by atoms with van der Waals surface area (Å²) in [7, 11) is 3.70. The predicted molar refractivity (Wildman–Crippen MR) is 110 cm³/mol. The number of hydrogen-bond acceptors (Lipinski definition) is 3. The number of likely N-dealkylation sites (N-methyl/N-ethyl adjacent to an activating group) is 1. The molecule has 2 rings (SSSR count). The highest BCUT2D eigenvalue weighted by atomic mass is 16.2. The van der Waals surface area contributed by atoms with Gasteiger partial charge in [-0.15, -0.1) is 6.58 Å². The molecule has 0 saturated heterocycles. The van der Waals surface area contributed by atoms with Crippen LogP contribution in [0, 0.1) is 30.1 Å². The van der Waals surface area contributed by atoms with E-state index in [0.29, 0.717) is 24.2 Å². The number of carbonyl (C=O) groups is 1. The Morgan fingerprint density at radius 3 is 2.63 bits per heavy atom. The molecule has 2 aromatic rings. The van der Waals surface area contributed by atoms with E-state index in [1.54, 1.807) is 24.1 Å². The molecule has 0 N–H and O–H groups in total. The quantitative estimate of drug-likeness (QED) is 0.607. The minimum absolute atomic E-state index is 0.0241. The lowest BCUT2D eigenvalue weighted by Crippen LogP contribution is -2.27. The van der Waals surface area contributed by atoms with Gasteiger partial charge in [-0.25, -0.2) is 0 Å². The molecule has 0 aliphatic carbocycles. The highest BCUT2D eigenvalue weighted by Crippen LogP contribution is 2.14. The molecule has 0 fully saturated rings. The van der Waals surface area contributed by atoms with E-state index in [4.69, 9.17) is 5.26 Å². The first-order valence-electron chi connectivity index (χ1n) is 8.63. The number of rotatable bonds is 5. The van der Waals surface area contributed by atoms with Crippen LogP contribution in [0.5, 0.6) is 0 Å². The van der Waals surface area contributed by atoms with Crippen LogP contribution in [0.15, 0.2) is 55.1 Å². The number of hydrogen-bond donors (Lipinski definition) is 0. The minimum atomic E-state index is -0.0241. The first-order chi connectivity index (χ1) is 13.0. The zero-order valence-corrected chi connectivity index (χ0v) is 16.0. The lowest BCUT2D eigenvalue weighted by molar-refractivity contribution is 0.0809. The summed E-state index contributed by atoms with van der Waals surface area (Å²) < 4.78 is 0. The maximum absolute atomic E-state index is 12.4. The van der Waals surface area contributed by atoms with Gasteiger partial charge in [0.1, 0.15) is 0 Å². The van der Waals surface area contributed by atoms with Crippen LogP contribution >= 0.6 is 0 Å². The van der Waals surface area contributed by atoms with Crippen molar-refractivity contribution in [1.29, 1.82) is 5.26 Å². The van der Waals surface area contributed by atoms with E-state index in [9.17, 15) is 4.79 Å². The van der Waals surface area contributed by atoms with Gasteiger partial charge in [-0.3, -0.25) is 4.79 Å². The fourth-order valence-corrected chi connectivity index (χ4v) is 2.63. The Kier molecular flexibility index (Phi) is 6.80. The third-order valence-corrected chi connectivity index (χ3v) is 4.17. The third-order valence-electron chi connectivity index (χ3n) is 4.17. The van der Waals surface area contributed by atoms with Crippen molar-refractivity contribution in [3.05, 3.63) is 77.4 Å². The number of aryl methyl sites for hydroxylation is 1. The molecule has 0 bridgehead atoms. The van der Waals surface area contributed by atoms with Gasteiger partial charge in [0, 0.05) is 37.5 Å². The molecule has 0 saturated carbocycles. The second-order valence-electron chi connectivity index (χ2n) is 6.32. The van der Waals surface area contributed by atoms with Gasteiger partial charge in [-0.1, -0.05) is 24.0 Å². The molecule has 4 heteroatoms. The van der Waals surface area contributed by atoms with E-state index >= 15 is 0 Å². The van der Waals surface area contributed by atoms with Crippen LogP contribution in [0.4, 0.5) is 5.69 Å². The minimum Gasteiger partial charge on any atom is -0.363 e. The van der Waals surface area contributed by atoms with Crippen LogP contribution in [0.3, 0.4) is 0 Å². The number of nitriles is 1. The summed E-state index contributed by atoms with van der Waals surface area (Å²) in [6, 6.07) is 15.2. The summed E-state index contributed by atoms with van der Waals surface area (Å²) in [5, 5.41) is 8.99. The van der Waals surface area contributed by atoms with E-state index in [1.807, 2.05) is 55.3 Å². The molecule has 0 aliphatic heterocycles. The topological polar surface area (TPSA) is 47.3 Å². The fourth-order valence-electron chi connectivity index (χ4n) is 2.63. The van der Waals surface area contributed by atoms with Crippen LogP contribution in [0.1, 0.15) is 27.0 Å². The van der Waals surface area contributed by atoms with Gasteiger partial charge in [-0.2, -0.15) is 5.26 Å². The smallest absolute Gasteiger partial charge is 0.254 e. The van der Waals surface area contributed by atoms with E-state index < -0.39 is 0 Å². The summed E-state index contributed by atoms with van der Waals surface area (Å²) >= 11 is 0. The van der Waals surface area contributed by atoms with Crippen molar-refractivity contribution in [2.24, 2.45) is 0 Å². The van der Waals surface area contributed by atoms with Crippen molar-refractivity contribution in [1.82, 2.24) is 4.90 Å². The van der Waals surface area contributed by atoms with E-state index in [-0.39, 0.29) is 5.91 Å². The van der Waals surface area contributed by atoms with Gasteiger partial charge >= 0.3 is 0 Å². The summed E-state index contributed by atoms with van der Waals surface area (Å²) in [4.78, 5) is 16.0. The SMILES string of the molecule is C=CCN(C)C(=O)c1ccc(C#CCN(C)c2cccc(C#N)c2)cc1C. The number of anilines is 1. The normalized spacial score (nSPS) is 9.56. The molecule has 0 aromatic heterocycles. The van der Waals surface area contributed by atoms with Crippen molar-refractivity contribution in [3.8, 4) is 17.9 Å². The Morgan fingerprint density at radius 1 is 1.19 bits per heavy atom. The average molecular weight is 357 g/mol. The molecule has 0 aliphatic rings. The summed E-state index contributed by atoms with van der Waals surface area (Å²) in [6.45, 7) is 6.63. The second-order valence-corrected chi connectivity index (χ2v) is 6.32. The number of benzene rings is 2. The maximum atomic E-state index is 12.4. The van der Waals surface area contributed by atoms with Gasteiger partial charge in [0.05, 0.1) is 18.2 Å². The van der Waals surface area contributed by atoms with Crippen molar-refractivity contribution in [2.75, 3.05) is 32.1 Å². The number of carbonyl (C=O) groups excluding carboxylic acids is 1. The van der Waals surface area contributed by atoms with Crippen molar-refractivity contribution in [2.45, 2.75) is 6.92 Å². The summed E-state index contributed by atoms with van der Waals surface area (Å²) in [6.07, 6.45) is 1.70. The van der Waals surface area contributed by atoms with Crippen LogP contribution in [0.25, 0.3) is 0 Å². The molecule has 0 unspecified atom stereocenters. The number of amides is 1. The molecule has 1 amide bonds. The summed E-state index contributed by atoms with van der Waals surface area (Å²) in [5.41, 5.74) is 4.03. The molecule has 0 radical (unpaired) electrons. The predicted octanol–water partition coefficient (Wildman–Crippen LogP) is 3.61. The fraction of sp³-hybridized carbons (Fsp3) is 0.217. The van der Waals surface area contributed by atoms with Gasteiger partial charge in [0.15, 0.2) is 0 Å². The van der Waals surface area contributed by atoms with Crippen LogP contribution < -0.4 is 4.90 Å². The van der Waals surface area contributed by atoms with Crippen LogP contribution in [-0.4, -0.2) is 38.0 Å². The zero-order valence-electron chi connectivity index (χ0n) is 16.0. The van der Waals surface area contributed by atoms with Gasteiger partial charge in [-0.05, 0) is 48.9 Å². The van der Waals surface area contributed by atoms with E-state index in [0.717, 1.165) is 16.8 Å². The Hall–Kier alpha value is -3.50. The maximum Gasteiger partial charge on any atom is 0.254 e. The lowest BCUT2D eigenvalue weighted by Gasteiger charge is -2.16.